The van der Waals surface area contributed by atoms with Crippen LogP contribution in [0.25, 0.3) is 0 Å². The smallest absolute Gasteiger partial charge is 0.119 e. The number of benzene rings is 1. The molecular weight excluding hydrogens is 174 g/mol. The molecule has 1 atom stereocenters. The summed E-state index contributed by atoms with van der Waals surface area (Å²) in [6.07, 6.45) is 1.10. The summed E-state index contributed by atoms with van der Waals surface area (Å²) in [7, 11) is 3.69. The molecular formula is C12H19NO. The molecule has 1 aromatic carbocycles. The van der Waals surface area contributed by atoms with Gasteiger partial charge in [-0.15, -0.1) is 0 Å². The van der Waals surface area contributed by atoms with Crippen molar-refractivity contribution in [2.75, 3.05) is 20.7 Å². The van der Waals surface area contributed by atoms with Gasteiger partial charge >= 0.3 is 0 Å². The first-order valence-electron chi connectivity index (χ1n) is 5.03. The first-order chi connectivity index (χ1) is 6.76. The Kier molecular flexibility index (Phi) is 4.47. The second-order valence-electron chi connectivity index (χ2n) is 3.72. The third-order valence-corrected chi connectivity index (χ3v) is 2.27. The third-order valence-electron chi connectivity index (χ3n) is 2.27. The zero-order chi connectivity index (χ0) is 10.4. The van der Waals surface area contributed by atoms with E-state index in [4.69, 9.17) is 4.74 Å². The van der Waals surface area contributed by atoms with Crippen LogP contribution in [0.15, 0.2) is 24.3 Å². The van der Waals surface area contributed by atoms with Gasteiger partial charge in [-0.05, 0) is 43.6 Å². The van der Waals surface area contributed by atoms with Gasteiger partial charge in [-0.3, -0.25) is 0 Å². The maximum absolute atomic E-state index is 5.18. The minimum atomic E-state index is 0.659. The second kappa shape index (κ2) is 5.66. The van der Waals surface area contributed by atoms with Gasteiger partial charge in [0.15, 0.2) is 0 Å². The summed E-state index contributed by atoms with van der Waals surface area (Å²) in [5.74, 6) is 1.60. The Bertz CT molecular complexity index is 273. The highest BCUT2D eigenvalue weighted by molar-refractivity contribution is 5.28. The number of hydrogen-bond acceptors (Lipinski definition) is 2. The largest absolute Gasteiger partial charge is 0.497 e. The van der Waals surface area contributed by atoms with Crippen molar-refractivity contribution >= 4 is 0 Å². The van der Waals surface area contributed by atoms with Crippen LogP contribution in [0.5, 0.6) is 5.75 Å². The van der Waals surface area contributed by atoms with Gasteiger partial charge < -0.3 is 10.1 Å². The van der Waals surface area contributed by atoms with Crippen molar-refractivity contribution in [1.82, 2.24) is 5.32 Å². The number of rotatable bonds is 5. The van der Waals surface area contributed by atoms with Crippen molar-refractivity contribution in [3.8, 4) is 5.75 Å². The van der Waals surface area contributed by atoms with Crippen LogP contribution < -0.4 is 10.1 Å². The zero-order valence-corrected chi connectivity index (χ0v) is 9.21. The van der Waals surface area contributed by atoms with Crippen LogP contribution in [0.3, 0.4) is 0 Å². The van der Waals surface area contributed by atoms with Crippen LogP contribution in [-0.2, 0) is 6.42 Å². The van der Waals surface area contributed by atoms with Crippen LogP contribution in [-0.4, -0.2) is 20.7 Å². The Morgan fingerprint density at radius 2 is 2.21 bits per heavy atom. The highest BCUT2D eigenvalue weighted by Crippen LogP contribution is 2.15. The van der Waals surface area contributed by atoms with Crippen molar-refractivity contribution in [1.29, 1.82) is 0 Å². The van der Waals surface area contributed by atoms with Crippen LogP contribution >= 0.6 is 0 Å². The summed E-state index contributed by atoms with van der Waals surface area (Å²) >= 11 is 0. The van der Waals surface area contributed by atoms with Gasteiger partial charge in [0, 0.05) is 0 Å². The van der Waals surface area contributed by atoms with Crippen molar-refractivity contribution < 1.29 is 4.74 Å². The predicted octanol–water partition coefficient (Wildman–Crippen LogP) is 2.09. The van der Waals surface area contributed by atoms with Gasteiger partial charge in [-0.2, -0.15) is 0 Å². The molecule has 1 rings (SSSR count). The molecule has 0 fully saturated rings. The minimum Gasteiger partial charge on any atom is -0.497 e. The molecule has 1 aromatic rings. The van der Waals surface area contributed by atoms with E-state index in [1.807, 2.05) is 19.2 Å². The molecule has 0 aliphatic rings. The average molecular weight is 193 g/mol. The minimum absolute atomic E-state index is 0.659. The quantitative estimate of drug-likeness (QED) is 0.773. The van der Waals surface area contributed by atoms with E-state index in [-0.39, 0.29) is 0 Å². The summed E-state index contributed by atoms with van der Waals surface area (Å²) in [4.78, 5) is 0. The molecule has 2 nitrogen and oxygen atoms in total. The fourth-order valence-electron chi connectivity index (χ4n) is 1.62. The van der Waals surface area contributed by atoms with Gasteiger partial charge in [-0.25, -0.2) is 0 Å². The molecule has 0 aliphatic carbocycles. The van der Waals surface area contributed by atoms with E-state index in [2.05, 4.69) is 24.4 Å². The molecule has 14 heavy (non-hydrogen) atoms. The number of methoxy groups -OCH3 is 1. The number of nitrogens with one attached hydrogen (secondary N) is 1. The van der Waals surface area contributed by atoms with Crippen LogP contribution in [0.1, 0.15) is 12.5 Å². The van der Waals surface area contributed by atoms with E-state index in [0.717, 1.165) is 18.7 Å². The molecule has 0 bridgehead atoms. The van der Waals surface area contributed by atoms with Gasteiger partial charge in [0.1, 0.15) is 5.75 Å². The molecule has 1 N–H and O–H groups in total. The van der Waals surface area contributed by atoms with Crippen molar-refractivity contribution in [3.63, 3.8) is 0 Å². The van der Waals surface area contributed by atoms with Crippen molar-refractivity contribution in [2.24, 2.45) is 5.92 Å². The Morgan fingerprint density at radius 3 is 2.86 bits per heavy atom. The SMILES string of the molecule is CNCC(C)Cc1cccc(OC)c1. The standard InChI is InChI=1S/C12H19NO/c1-10(9-13-2)7-11-5-4-6-12(8-11)14-3/h4-6,8,10,13H,7,9H2,1-3H3. The lowest BCUT2D eigenvalue weighted by Crippen LogP contribution is -2.17. The van der Waals surface area contributed by atoms with E-state index >= 15 is 0 Å². The topological polar surface area (TPSA) is 21.3 Å². The molecule has 0 spiro atoms. The normalized spacial score (nSPS) is 12.5. The summed E-state index contributed by atoms with van der Waals surface area (Å²) in [5.41, 5.74) is 1.34. The van der Waals surface area contributed by atoms with E-state index in [1.54, 1.807) is 7.11 Å². The van der Waals surface area contributed by atoms with Gasteiger partial charge in [-0.1, -0.05) is 19.1 Å². The summed E-state index contributed by atoms with van der Waals surface area (Å²) in [6, 6.07) is 8.27. The lowest BCUT2D eigenvalue weighted by atomic mass is 10.0. The highest BCUT2D eigenvalue weighted by atomic mass is 16.5. The molecule has 0 saturated heterocycles. The molecule has 78 valence electrons. The maximum atomic E-state index is 5.18. The first-order valence-corrected chi connectivity index (χ1v) is 5.03. The van der Waals surface area contributed by atoms with E-state index in [0.29, 0.717) is 5.92 Å². The summed E-state index contributed by atoms with van der Waals surface area (Å²) in [5, 5.41) is 3.19. The molecule has 0 radical (unpaired) electrons. The molecule has 0 heterocycles. The van der Waals surface area contributed by atoms with Crippen LogP contribution in [0.2, 0.25) is 0 Å². The van der Waals surface area contributed by atoms with Gasteiger partial charge in [0.2, 0.25) is 0 Å². The monoisotopic (exact) mass is 193 g/mol. The van der Waals surface area contributed by atoms with E-state index in [1.165, 1.54) is 5.56 Å². The lowest BCUT2D eigenvalue weighted by Gasteiger charge is -2.11. The lowest BCUT2D eigenvalue weighted by molar-refractivity contribution is 0.413. The van der Waals surface area contributed by atoms with Crippen molar-refractivity contribution in [2.45, 2.75) is 13.3 Å². The molecule has 0 aliphatic heterocycles. The summed E-state index contributed by atoms with van der Waals surface area (Å²) < 4.78 is 5.18. The first kappa shape index (κ1) is 11.1. The fourth-order valence-corrected chi connectivity index (χ4v) is 1.62. The number of hydrogen-bond donors (Lipinski definition) is 1. The molecule has 0 amide bonds. The third kappa shape index (κ3) is 3.38. The summed E-state index contributed by atoms with van der Waals surface area (Å²) in [6.45, 7) is 3.30. The Balaban J connectivity index is 2.57. The van der Waals surface area contributed by atoms with E-state index in [9.17, 15) is 0 Å². The Morgan fingerprint density at radius 1 is 1.43 bits per heavy atom. The maximum Gasteiger partial charge on any atom is 0.119 e. The molecule has 1 unspecified atom stereocenters. The number of ether oxygens (including phenoxy) is 1. The fraction of sp³-hybridized carbons (Fsp3) is 0.500. The van der Waals surface area contributed by atoms with E-state index < -0.39 is 0 Å². The predicted molar refractivity (Wildman–Crippen MR) is 59.8 cm³/mol. The highest BCUT2D eigenvalue weighted by Gasteiger charge is 2.02. The van der Waals surface area contributed by atoms with Crippen molar-refractivity contribution in [3.05, 3.63) is 29.8 Å². The zero-order valence-electron chi connectivity index (χ0n) is 9.21. The molecule has 2 heteroatoms. The Labute approximate surface area is 86.3 Å². The molecule has 0 aromatic heterocycles. The molecule has 0 saturated carbocycles. The second-order valence-corrected chi connectivity index (χ2v) is 3.72. The average Bonchev–Trinajstić information content (AvgIpc) is 2.18. The Hall–Kier alpha value is -1.02. The van der Waals surface area contributed by atoms with Crippen LogP contribution in [0, 0.1) is 5.92 Å². The van der Waals surface area contributed by atoms with Crippen LogP contribution in [0.4, 0.5) is 0 Å². The van der Waals surface area contributed by atoms with Gasteiger partial charge in [0.25, 0.3) is 0 Å². The van der Waals surface area contributed by atoms with Gasteiger partial charge in [0.05, 0.1) is 7.11 Å².